The molecule has 0 heterocycles. The average molecular weight is 253 g/mol. The molecule has 0 saturated heterocycles. The number of Topliss-reactive ketones (excluding diaryl/α,β-unsaturated/α-hetero) is 1. The van der Waals surface area contributed by atoms with Crippen LogP contribution in [0.5, 0.6) is 0 Å². The van der Waals surface area contributed by atoms with Gasteiger partial charge in [-0.05, 0) is 40.0 Å². The fourth-order valence-corrected chi connectivity index (χ4v) is 2.49. The molecule has 100 valence electrons. The van der Waals surface area contributed by atoms with Crippen LogP contribution in [0.3, 0.4) is 0 Å². The van der Waals surface area contributed by atoms with E-state index in [2.05, 4.69) is 0 Å². The molecule has 0 aromatic rings. The molecule has 0 amide bonds. The Morgan fingerprint density at radius 1 is 1.50 bits per heavy atom. The van der Waals surface area contributed by atoms with Gasteiger partial charge < -0.3 is 9.84 Å². The van der Waals surface area contributed by atoms with Crippen molar-refractivity contribution < 1.29 is 19.4 Å². The van der Waals surface area contributed by atoms with Gasteiger partial charge in [0, 0.05) is 5.92 Å². The molecule has 0 bridgehead atoms. The maximum absolute atomic E-state index is 11.9. The number of aliphatic hydroxyl groups is 1. The second kappa shape index (κ2) is 5.07. The van der Waals surface area contributed by atoms with E-state index in [9.17, 15) is 20.0 Å². The number of ether oxygens (including phenoxy) is 1. The smallest absolute Gasteiger partial charge is 0.326 e. The van der Waals surface area contributed by atoms with Crippen molar-refractivity contribution in [2.75, 3.05) is 6.61 Å². The molecule has 0 aliphatic heterocycles. The molecule has 3 unspecified atom stereocenters. The Kier molecular flexibility index (Phi) is 4.12. The van der Waals surface area contributed by atoms with Crippen LogP contribution in [0.1, 0.15) is 40.0 Å². The Balaban J connectivity index is 3.02. The third-order valence-corrected chi connectivity index (χ3v) is 3.73. The molecule has 1 aliphatic carbocycles. The molecule has 1 rings (SSSR count). The zero-order chi connectivity index (χ0) is 14.0. The maximum atomic E-state index is 11.9. The first-order valence-electron chi connectivity index (χ1n) is 6.10. The lowest BCUT2D eigenvalue weighted by Gasteiger charge is -2.42. The van der Waals surface area contributed by atoms with Crippen molar-refractivity contribution >= 4 is 11.8 Å². The van der Waals surface area contributed by atoms with E-state index in [0.29, 0.717) is 0 Å². The number of nitriles is 1. The summed E-state index contributed by atoms with van der Waals surface area (Å²) in [6.45, 7) is 4.82. The summed E-state index contributed by atoms with van der Waals surface area (Å²) in [6.07, 6.45) is 0.493. The lowest BCUT2D eigenvalue weighted by molar-refractivity contribution is -0.161. The molecule has 0 aromatic heterocycles. The third-order valence-electron chi connectivity index (χ3n) is 3.73. The third kappa shape index (κ3) is 2.54. The summed E-state index contributed by atoms with van der Waals surface area (Å²) in [5.41, 5.74) is -2.45. The minimum Gasteiger partial charge on any atom is -0.465 e. The van der Waals surface area contributed by atoms with E-state index in [1.54, 1.807) is 13.8 Å². The molecular weight excluding hydrogens is 234 g/mol. The average Bonchev–Trinajstić information content (AvgIpc) is 2.29. The number of carbonyl (C=O) groups is 2. The number of nitrogens with zero attached hydrogens (tertiary/aromatic N) is 1. The quantitative estimate of drug-likeness (QED) is 0.763. The summed E-state index contributed by atoms with van der Waals surface area (Å²) >= 11 is 0. The second-order valence-corrected chi connectivity index (χ2v) is 5.14. The lowest BCUT2D eigenvalue weighted by Crippen LogP contribution is -2.50. The van der Waals surface area contributed by atoms with Gasteiger partial charge in [-0.1, -0.05) is 0 Å². The first-order valence-corrected chi connectivity index (χ1v) is 6.10. The minimum absolute atomic E-state index is 0.0324. The predicted octanol–water partition coefficient (Wildman–Crippen LogP) is 1.20. The summed E-state index contributed by atoms with van der Waals surface area (Å²) in [6, 6.07) is 1.99. The molecule has 1 fully saturated rings. The van der Waals surface area contributed by atoms with Gasteiger partial charge in [0.25, 0.3) is 0 Å². The van der Waals surface area contributed by atoms with Crippen LogP contribution in [0.15, 0.2) is 0 Å². The van der Waals surface area contributed by atoms with E-state index in [-0.39, 0.29) is 31.7 Å². The van der Waals surface area contributed by atoms with E-state index >= 15 is 0 Å². The first-order chi connectivity index (χ1) is 8.29. The highest BCUT2D eigenvalue weighted by Crippen LogP contribution is 2.45. The van der Waals surface area contributed by atoms with E-state index < -0.39 is 22.9 Å². The molecule has 5 nitrogen and oxygen atoms in total. The molecule has 3 atom stereocenters. The van der Waals surface area contributed by atoms with Gasteiger partial charge in [-0.2, -0.15) is 5.26 Å². The van der Waals surface area contributed by atoms with Crippen LogP contribution in [0.2, 0.25) is 0 Å². The largest absolute Gasteiger partial charge is 0.465 e. The predicted molar refractivity (Wildman–Crippen MR) is 63.3 cm³/mol. The van der Waals surface area contributed by atoms with Crippen molar-refractivity contribution in [3.05, 3.63) is 0 Å². The fourth-order valence-electron chi connectivity index (χ4n) is 2.49. The zero-order valence-corrected chi connectivity index (χ0v) is 11.0. The minimum atomic E-state index is -1.30. The molecule has 1 saturated carbocycles. The molecule has 0 aromatic carbocycles. The number of hydrogen-bond acceptors (Lipinski definition) is 5. The topological polar surface area (TPSA) is 87.4 Å². The summed E-state index contributed by atoms with van der Waals surface area (Å²) in [5.74, 6) is -1.49. The monoisotopic (exact) mass is 253 g/mol. The number of ketones is 1. The highest BCUT2D eigenvalue weighted by molar-refractivity contribution is 5.84. The molecule has 18 heavy (non-hydrogen) atoms. The molecule has 0 spiro atoms. The zero-order valence-electron chi connectivity index (χ0n) is 11.0. The van der Waals surface area contributed by atoms with Crippen LogP contribution < -0.4 is 0 Å². The molecule has 1 aliphatic rings. The van der Waals surface area contributed by atoms with Crippen molar-refractivity contribution in [2.45, 2.75) is 45.6 Å². The van der Waals surface area contributed by atoms with E-state index in [4.69, 9.17) is 4.74 Å². The summed E-state index contributed by atoms with van der Waals surface area (Å²) in [7, 11) is 0. The standard InChI is InChI=1S/C13H19NO4/c1-4-18-11(16)13(8-14)6-5-12(3,17)10(7-13)9(2)15/h10,17H,4-7H2,1-3H3. The molecule has 0 radical (unpaired) electrons. The number of carbonyl (C=O) groups excluding carboxylic acids is 2. The Morgan fingerprint density at radius 3 is 2.56 bits per heavy atom. The molecule has 5 heteroatoms. The second-order valence-electron chi connectivity index (χ2n) is 5.14. The van der Waals surface area contributed by atoms with Crippen molar-refractivity contribution in [3.63, 3.8) is 0 Å². The summed E-state index contributed by atoms with van der Waals surface area (Å²) < 4.78 is 4.92. The van der Waals surface area contributed by atoms with Crippen molar-refractivity contribution in [3.8, 4) is 6.07 Å². The van der Waals surface area contributed by atoms with Gasteiger partial charge in [0.05, 0.1) is 18.3 Å². The van der Waals surface area contributed by atoms with Crippen LogP contribution in [-0.2, 0) is 14.3 Å². The van der Waals surface area contributed by atoms with E-state index in [1.807, 2.05) is 6.07 Å². The Labute approximate surface area is 107 Å². The van der Waals surface area contributed by atoms with Crippen molar-refractivity contribution in [1.82, 2.24) is 0 Å². The van der Waals surface area contributed by atoms with Gasteiger partial charge in [0.15, 0.2) is 5.41 Å². The number of rotatable bonds is 3. The van der Waals surface area contributed by atoms with Gasteiger partial charge in [-0.25, -0.2) is 0 Å². The maximum Gasteiger partial charge on any atom is 0.326 e. The first kappa shape index (κ1) is 14.7. The van der Waals surface area contributed by atoms with Gasteiger partial charge in [0.2, 0.25) is 0 Å². The fraction of sp³-hybridized carbons (Fsp3) is 0.769. The number of hydrogen-bond donors (Lipinski definition) is 1. The van der Waals surface area contributed by atoms with E-state index in [0.717, 1.165) is 0 Å². The van der Waals surface area contributed by atoms with Gasteiger partial charge >= 0.3 is 5.97 Å². The van der Waals surface area contributed by atoms with Crippen LogP contribution in [0, 0.1) is 22.7 Å². The summed E-state index contributed by atoms with van der Waals surface area (Å²) in [5, 5.41) is 19.4. The Bertz CT molecular complexity index is 396. The van der Waals surface area contributed by atoms with E-state index in [1.165, 1.54) is 6.92 Å². The van der Waals surface area contributed by atoms with Crippen LogP contribution >= 0.6 is 0 Å². The van der Waals surface area contributed by atoms with Crippen LogP contribution in [-0.4, -0.2) is 29.1 Å². The number of esters is 1. The molecule has 1 N–H and O–H groups in total. The Morgan fingerprint density at radius 2 is 2.11 bits per heavy atom. The highest BCUT2D eigenvalue weighted by Gasteiger charge is 2.52. The van der Waals surface area contributed by atoms with Crippen LogP contribution in [0.4, 0.5) is 0 Å². The normalized spacial score (nSPS) is 35.6. The highest BCUT2D eigenvalue weighted by atomic mass is 16.5. The molecular formula is C13H19NO4. The summed E-state index contributed by atoms with van der Waals surface area (Å²) in [4.78, 5) is 23.5. The van der Waals surface area contributed by atoms with Crippen molar-refractivity contribution in [1.29, 1.82) is 5.26 Å². The van der Waals surface area contributed by atoms with Gasteiger partial charge in [-0.3, -0.25) is 9.59 Å². The van der Waals surface area contributed by atoms with Gasteiger partial charge in [0.1, 0.15) is 5.78 Å². The van der Waals surface area contributed by atoms with Crippen LogP contribution in [0.25, 0.3) is 0 Å². The lowest BCUT2D eigenvalue weighted by atomic mass is 9.63. The van der Waals surface area contributed by atoms with Crippen molar-refractivity contribution in [2.24, 2.45) is 11.3 Å². The van der Waals surface area contributed by atoms with Gasteiger partial charge in [-0.15, -0.1) is 0 Å². The SMILES string of the molecule is CCOC(=O)C1(C#N)CCC(C)(O)C(C(C)=O)C1. The Hall–Kier alpha value is -1.41.